The zero-order valence-electron chi connectivity index (χ0n) is 14.4. The van der Waals surface area contributed by atoms with Crippen molar-refractivity contribution in [2.45, 2.75) is 19.9 Å². The molecule has 0 radical (unpaired) electrons. The van der Waals surface area contributed by atoms with Crippen LogP contribution in [0.4, 0.5) is 5.95 Å². The lowest BCUT2D eigenvalue weighted by molar-refractivity contribution is 0.122. The molecule has 25 heavy (non-hydrogen) atoms. The van der Waals surface area contributed by atoms with Crippen molar-refractivity contribution >= 4 is 17.1 Å². The molecule has 0 spiro atoms. The Morgan fingerprint density at radius 3 is 2.68 bits per heavy atom. The Bertz CT molecular complexity index is 900. The van der Waals surface area contributed by atoms with Gasteiger partial charge in [0, 0.05) is 24.7 Å². The molecule has 1 saturated heterocycles. The van der Waals surface area contributed by atoms with Crippen molar-refractivity contribution in [1.29, 1.82) is 0 Å². The van der Waals surface area contributed by atoms with Crippen LogP contribution in [-0.4, -0.2) is 50.9 Å². The molecule has 0 bridgehead atoms. The third-order valence-corrected chi connectivity index (χ3v) is 4.38. The quantitative estimate of drug-likeness (QED) is 0.790. The van der Waals surface area contributed by atoms with Gasteiger partial charge >= 0.3 is 0 Å². The second kappa shape index (κ2) is 6.33. The summed E-state index contributed by atoms with van der Waals surface area (Å²) in [6, 6.07) is 7.34. The van der Waals surface area contributed by atoms with Crippen LogP contribution in [0.15, 0.2) is 30.6 Å². The van der Waals surface area contributed by atoms with Crippen LogP contribution in [0.1, 0.15) is 19.9 Å². The summed E-state index contributed by atoms with van der Waals surface area (Å²) in [7, 11) is 0. The maximum absolute atomic E-state index is 9.86. The Hall–Kier alpha value is -2.67. The standard InChI is InChI=1S/C18H21N5O2/c1-12(2)23-11-19-16-15(13-4-3-5-14(24)10-13)20-18(21-17(16)23)22-6-8-25-9-7-22/h3-5,10-12,24H,6-9H2,1-2H3. The fraction of sp³-hybridized carbons (Fsp3) is 0.389. The van der Waals surface area contributed by atoms with Crippen molar-refractivity contribution in [3.8, 4) is 17.0 Å². The zero-order valence-corrected chi connectivity index (χ0v) is 14.4. The van der Waals surface area contributed by atoms with E-state index in [4.69, 9.17) is 14.7 Å². The average molecular weight is 339 g/mol. The lowest BCUT2D eigenvalue weighted by Gasteiger charge is -2.27. The molecule has 1 aliphatic rings. The molecule has 3 aromatic rings. The number of imidazole rings is 1. The molecule has 7 nitrogen and oxygen atoms in total. The SMILES string of the molecule is CC(C)n1cnc2c(-c3cccc(O)c3)nc(N3CCOCC3)nc21. The molecule has 1 N–H and O–H groups in total. The van der Waals surface area contributed by atoms with Gasteiger partial charge in [-0.2, -0.15) is 4.98 Å². The minimum Gasteiger partial charge on any atom is -0.508 e. The highest BCUT2D eigenvalue weighted by Crippen LogP contribution is 2.30. The minimum atomic E-state index is 0.209. The highest BCUT2D eigenvalue weighted by atomic mass is 16.5. The van der Waals surface area contributed by atoms with E-state index in [9.17, 15) is 5.11 Å². The molecular formula is C18H21N5O2. The van der Waals surface area contributed by atoms with E-state index in [1.165, 1.54) is 0 Å². The fourth-order valence-corrected chi connectivity index (χ4v) is 3.04. The summed E-state index contributed by atoms with van der Waals surface area (Å²) in [6.07, 6.45) is 1.80. The van der Waals surface area contributed by atoms with Crippen molar-refractivity contribution in [3.05, 3.63) is 30.6 Å². The molecule has 1 aliphatic heterocycles. The Labute approximate surface area is 145 Å². The molecule has 1 aromatic carbocycles. The van der Waals surface area contributed by atoms with Crippen LogP contribution >= 0.6 is 0 Å². The first-order valence-electron chi connectivity index (χ1n) is 8.50. The summed E-state index contributed by atoms with van der Waals surface area (Å²) in [5.74, 6) is 0.886. The number of nitrogens with zero attached hydrogens (tertiary/aromatic N) is 5. The number of phenols is 1. The van der Waals surface area contributed by atoms with E-state index in [-0.39, 0.29) is 11.8 Å². The van der Waals surface area contributed by atoms with Crippen molar-refractivity contribution in [1.82, 2.24) is 19.5 Å². The number of rotatable bonds is 3. The van der Waals surface area contributed by atoms with Crippen LogP contribution in [0, 0.1) is 0 Å². The number of aromatic nitrogens is 4. The lowest BCUT2D eigenvalue weighted by Crippen LogP contribution is -2.37. The number of morpholine rings is 1. The second-order valence-corrected chi connectivity index (χ2v) is 6.44. The molecular weight excluding hydrogens is 318 g/mol. The van der Waals surface area contributed by atoms with Gasteiger partial charge in [0.05, 0.1) is 19.5 Å². The summed E-state index contributed by atoms with van der Waals surface area (Å²) >= 11 is 0. The summed E-state index contributed by atoms with van der Waals surface area (Å²) in [6.45, 7) is 7.08. The van der Waals surface area contributed by atoms with Gasteiger partial charge in [-0.1, -0.05) is 12.1 Å². The molecule has 0 saturated carbocycles. The Balaban J connectivity index is 1.93. The number of phenolic OH excluding ortho intramolecular Hbond substituents is 1. The molecule has 0 unspecified atom stereocenters. The van der Waals surface area contributed by atoms with Gasteiger partial charge in [-0.25, -0.2) is 9.97 Å². The molecule has 130 valence electrons. The topological polar surface area (TPSA) is 76.3 Å². The number of anilines is 1. The Morgan fingerprint density at radius 2 is 1.96 bits per heavy atom. The van der Waals surface area contributed by atoms with Gasteiger partial charge in [0.1, 0.15) is 17.0 Å². The summed E-state index contributed by atoms with van der Waals surface area (Å²) in [5, 5.41) is 9.86. The van der Waals surface area contributed by atoms with Crippen LogP contribution < -0.4 is 4.90 Å². The Morgan fingerprint density at radius 1 is 1.16 bits per heavy atom. The molecule has 0 atom stereocenters. The number of ether oxygens (including phenoxy) is 1. The second-order valence-electron chi connectivity index (χ2n) is 6.44. The maximum atomic E-state index is 9.86. The van der Waals surface area contributed by atoms with Crippen molar-refractivity contribution in [3.63, 3.8) is 0 Å². The van der Waals surface area contributed by atoms with E-state index in [1.807, 2.05) is 16.7 Å². The van der Waals surface area contributed by atoms with Crippen molar-refractivity contribution in [2.24, 2.45) is 0 Å². The lowest BCUT2D eigenvalue weighted by atomic mass is 10.1. The monoisotopic (exact) mass is 339 g/mol. The van der Waals surface area contributed by atoms with Gasteiger partial charge in [0.2, 0.25) is 5.95 Å². The first kappa shape index (κ1) is 15.8. The normalized spacial score (nSPS) is 15.2. The van der Waals surface area contributed by atoms with Crippen LogP contribution in [0.5, 0.6) is 5.75 Å². The number of hydrogen-bond donors (Lipinski definition) is 1. The summed E-state index contributed by atoms with van der Waals surface area (Å²) < 4.78 is 7.49. The molecule has 7 heteroatoms. The van der Waals surface area contributed by atoms with E-state index >= 15 is 0 Å². The molecule has 0 amide bonds. The van der Waals surface area contributed by atoms with Gasteiger partial charge in [0.25, 0.3) is 0 Å². The molecule has 3 heterocycles. The third kappa shape index (κ3) is 2.91. The number of fused-ring (bicyclic) bond motifs is 1. The maximum Gasteiger partial charge on any atom is 0.228 e. The van der Waals surface area contributed by atoms with E-state index < -0.39 is 0 Å². The number of benzene rings is 1. The van der Waals surface area contributed by atoms with Gasteiger partial charge in [-0.05, 0) is 26.0 Å². The van der Waals surface area contributed by atoms with E-state index in [2.05, 4.69) is 23.7 Å². The van der Waals surface area contributed by atoms with Crippen LogP contribution in [-0.2, 0) is 4.74 Å². The van der Waals surface area contributed by atoms with Gasteiger partial charge in [0.15, 0.2) is 5.65 Å². The number of hydrogen-bond acceptors (Lipinski definition) is 6. The van der Waals surface area contributed by atoms with Crippen molar-refractivity contribution < 1.29 is 9.84 Å². The van der Waals surface area contributed by atoms with E-state index in [1.54, 1.807) is 18.5 Å². The Kier molecular flexibility index (Phi) is 4.01. The molecule has 2 aromatic heterocycles. The third-order valence-electron chi connectivity index (χ3n) is 4.38. The fourth-order valence-electron chi connectivity index (χ4n) is 3.04. The van der Waals surface area contributed by atoms with E-state index in [0.717, 1.165) is 35.5 Å². The summed E-state index contributed by atoms with van der Waals surface area (Å²) in [5.41, 5.74) is 3.12. The smallest absolute Gasteiger partial charge is 0.228 e. The van der Waals surface area contributed by atoms with Crippen LogP contribution in [0.3, 0.4) is 0 Å². The minimum absolute atomic E-state index is 0.209. The van der Waals surface area contributed by atoms with Gasteiger partial charge in [-0.15, -0.1) is 0 Å². The highest BCUT2D eigenvalue weighted by molar-refractivity contribution is 5.88. The van der Waals surface area contributed by atoms with Crippen molar-refractivity contribution in [2.75, 3.05) is 31.2 Å². The first-order valence-corrected chi connectivity index (χ1v) is 8.50. The summed E-state index contributed by atoms with van der Waals surface area (Å²) in [4.78, 5) is 16.2. The number of aromatic hydroxyl groups is 1. The predicted octanol–water partition coefficient (Wildman–Crippen LogP) is 2.62. The predicted molar refractivity (Wildman–Crippen MR) is 95.8 cm³/mol. The van der Waals surface area contributed by atoms with Crippen LogP contribution in [0.25, 0.3) is 22.4 Å². The largest absolute Gasteiger partial charge is 0.508 e. The molecule has 1 fully saturated rings. The zero-order chi connectivity index (χ0) is 17.4. The highest BCUT2D eigenvalue weighted by Gasteiger charge is 2.20. The van der Waals surface area contributed by atoms with E-state index in [0.29, 0.717) is 19.2 Å². The first-order chi connectivity index (χ1) is 12.1. The average Bonchev–Trinajstić information content (AvgIpc) is 3.06. The molecule has 4 rings (SSSR count). The van der Waals surface area contributed by atoms with Gasteiger partial charge in [-0.3, -0.25) is 0 Å². The van der Waals surface area contributed by atoms with Crippen LogP contribution in [0.2, 0.25) is 0 Å². The molecule has 0 aliphatic carbocycles. The van der Waals surface area contributed by atoms with Gasteiger partial charge < -0.3 is 19.3 Å².